The van der Waals surface area contributed by atoms with Crippen molar-refractivity contribution in [1.82, 2.24) is 15.3 Å². The number of nitrogens with zero attached hydrogens (tertiary/aromatic N) is 2. The zero-order chi connectivity index (χ0) is 12.6. The molecule has 0 aliphatic rings. The van der Waals surface area contributed by atoms with Gasteiger partial charge in [-0.1, -0.05) is 0 Å². The molecule has 0 fully saturated rings. The van der Waals surface area contributed by atoms with E-state index in [2.05, 4.69) is 15.3 Å². The van der Waals surface area contributed by atoms with Crippen LogP contribution >= 0.6 is 0 Å². The van der Waals surface area contributed by atoms with E-state index < -0.39 is 17.4 Å². The van der Waals surface area contributed by atoms with Crippen molar-refractivity contribution < 1.29 is 13.2 Å². The standard InChI is InChI=1S/C9H13F3N4/c1-8(2,14-3)5-4-15-7(13)16-6(5)9(10,11)12/h4,14H,1-3H3,(H2,13,15,16). The average Bonchev–Trinajstić information content (AvgIpc) is 2.16. The van der Waals surface area contributed by atoms with Crippen molar-refractivity contribution in [2.24, 2.45) is 0 Å². The maximum atomic E-state index is 12.7. The topological polar surface area (TPSA) is 63.8 Å². The van der Waals surface area contributed by atoms with Crippen LogP contribution in [0.1, 0.15) is 25.1 Å². The van der Waals surface area contributed by atoms with Gasteiger partial charge in [0.2, 0.25) is 5.95 Å². The van der Waals surface area contributed by atoms with Crippen LogP contribution in [-0.2, 0) is 11.7 Å². The predicted molar refractivity (Wildman–Crippen MR) is 53.5 cm³/mol. The zero-order valence-corrected chi connectivity index (χ0v) is 9.18. The quantitative estimate of drug-likeness (QED) is 0.814. The van der Waals surface area contributed by atoms with E-state index in [-0.39, 0.29) is 11.5 Å². The van der Waals surface area contributed by atoms with Gasteiger partial charge >= 0.3 is 6.18 Å². The molecule has 0 amide bonds. The first-order chi connectivity index (χ1) is 7.18. The molecule has 3 N–H and O–H groups in total. The number of halogens is 3. The molecule has 0 spiro atoms. The second-order valence-corrected chi connectivity index (χ2v) is 3.86. The average molecular weight is 234 g/mol. The van der Waals surface area contributed by atoms with Gasteiger partial charge in [0.15, 0.2) is 5.69 Å². The summed E-state index contributed by atoms with van der Waals surface area (Å²) in [6, 6.07) is 0. The van der Waals surface area contributed by atoms with Gasteiger partial charge in [0.25, 0.3) is 0 Å². The zero-order valence-electron chi connectivity index (χ0n) is 9.18. The van der Waals surface area contributed by atoms with Gasteiger partial charge in [-0.05, 0) is 20.9 Å². The normalized spacial score (nSPS) is 12.9. The van der Waals surface area contributed by atoms with Crippen LogP contribution in [0, 0.1) is 0 Å². The largest absolute Gasteiger partial charge is 0.433 e. The summed E-state index contributed by atoms with van der Waals surface area (Å²) >= 11 is 0. The molecule has 1 rings (SSSR count). The Morgan fingerprint density at radius 3 is 2.31 bits per heavy atom. The van der Waals surface area contributed by atoms with Gasteiger partial charge in [-0.25, -0.2) is 9.97 Å². The molecule has 1 heterocycles. The molecule has 0 aliphatic carbocycles. The molecule has 0 aliphatic heterocycles. The lowest BCUT2D eigenvalue weighted by atomic mass is 9.94. The van der Waals surface area contributed by atoms with Crippen LogP contribution in [0.25, 0.3) is 0 Å². The third-order valence-corrected chi connectivity index (χ3v) is 2.37. The van der Waals surface area contributed by atoms with Gasteiger partial charge in [0.05, 0.1) is 0 Å². The Morgan fingerprint density at radius 2 is 1.88 bits per heavy atom. The van der Waals surface area contributed by atoms with Crippen molar-refractivity contribution in [2.75, 3.05) is 12.8 Å². The highest BCUT2D eigenvalue weighted by Crippen LogP contribution is 2.34. The highest BCUT2D eigenvalue weighted by atomic mass is 19.4. The molecule has 1 aromatic rings. The van der Waals surface area contributed by atoms with Crippen LogP contribution in [-0.4, -0.2) is 17.0 Å². The monoisotopic (exact) mass is 234 g/mol. The molecule has 0 radical (unpaired) electrons. The first-order valence-corrected chi connectivity index (χ1v) is 4.57. The Hall–Kier alpha value is -1.37. The molecule has 0 atom stereocenters. The summed E-state index contributed by atoms with van der Waals surface area (Å²) in [4.78, 5) is 6.85. The number of nitrogen functional groups attached to an aromatic ring is 1. The molecule has 0 saturated heterocycles. The number of hydrogen-bond donors (Lipinski definition) is 2. The van der Waals surface area contributed by atoms with E-state index in [0.717, 1.165) is 6.20 Å². The number of nitrogens with one attached hydrogen (secondary N) is 1. The van der Waals surface area contributed by atoms with Crippen molar-refractivity contribution in [2.45, 2.75) is 25.6 Å². The SMILES string of the molecule is CNC(C)(C)c1cnc(N)nc1C(F)(F)F. The summed E-state index contributed by atoms with van der Waals surface area (Å²) in [5.74, 6) is -0.386. The minimum absolute atomic E-state index is 0.0308. The highest BCUT2D eigenvalue weighted by Gasteiger charge is 2.39. The van der Waals surface area contributed by atoms with E-state index >= 15 is 0 Å². The van der Waals surface area contributed by atoms with Crippen LogP contribution in [0.3, 0.4) is 0 Å². The molecule has 1 aromatic heterocycles. The maximum Gasteiger partial charge on any atom is 0.433 e. The van der Waals surface area contributed by atoms with Crippen LogP contribution in [0.2, 0.25) is 0 Å². The van der Waals surface area contributed by atoms with Crippen LogP contribution in [0.5, 0.6) is 0 Å². The Kier molecular flexibility index (Phi) is 3.09. The van der Waals surface area contributed by atoms with Gasteiger partial charge in [-0.15, -0.1) is 0 Å². The van der Waals surface area contributed by atoms with Crippen molar-refractivity contribution in [3.8, 4) is 0 Å². The molecule has 0 bridgehead atoms. The highest BCUT2D eigenvalue weighted by molar-refractivity contribution is 5.32. The lowest BCUT2D eigenvalue weighted by Crippen LogP contribution is -2.36. The maximum absolute atomic E-state index is 12.7. The molecule has 4 nitrogen and oxygen atoms in total. The van der Waals surface area contributed by atoms with Gasteiger partial charge in [-0.2, -0.15) is 13.2 Å². The van der Waals surface area contributed by atoms with Gasteiger partial charge in [0.1, 0.15) is 0 Å². The van der Waals surface area contributed by atoms with E-state index in [1.807, 2.05) is 0 Å². The third-order valence-electron chi connectivity index (χ3n) is 2.37. The van der Waals surface area contributed by atoms with Crippen molar-refractivity contribution in [1.29, 1.82) is 0 Å². The van der Waals surface area contributed by atoms with Crippen molar-refractivity contribution in [3.63, 3.8) is 0 Å². The van der Waals surface area contributed by atoms with E-state index in [0.29, 0.717) is 0 Å². The fraction of sp³-hybridized carbons (Fsp3) is 0.556. The summed E-state index contributed by atoms with van der Waals surface area (Å²) < 4.78 is 38.2. The minimum Gasteiger partial charge on any atom is -0.368 e. The molecule has 16 heavy (non-hydrogen) atoms. The summed E-state index contributed by atoms with van der Waals surface area (Å²) in [5.41, 5.74) is 3.26. The molecular formula is C9H13F3N4. The number of alkyl halides is 3. The van der Waals surface area contributed by atoms with E-state index in [1.54, 1.807) is 20.9 Å². The van der Waals surface area contributed by atoms with Gasteiger partial charge in [-0.3, -0.25) is 0 Å². The van der Waals surface area contributed by atoms with Gasteiger partial charge < -0.3 is 11.1 Å². The van der Waals surface area contributed by atoms with E-state index in [9.17, 15) is 13.2 Å². The second kappa shape index (κ2) is 3.89. The number of rotatable bonds is 2. The van der Waals surface area contributed by atoms with Crippen molar-refractivity contribution in [3.05, 3.63) is 17.5 Å². The predicted octanol–water partition coefficient (Wildman–Crippen LogP) is 1.53. The van der Waals surface area contributed by atoms with E-state index in [1.165, 1.54) is 0 Å². The smallest absolute Gasteiger partial charge is 0.368 e. The molecule has 7 heteroatoms. The van der Waals surface area contributed by atoms with Crippen LogP contribution in [0.15, 0.2) is 6.20 Å². The Morgan fingerprint density at radius 1 is 1.31 bits per heavy atom. The molecule has 0 unspecified atom stereocenters. The number of hydrogen-bond acceptors (Lipinski definition) is 4. The first kappa shape index (κ1) is 12.7. The lowest BCUT2D eigenvalue weighted by molar-refractivity contribution is -0.142. The Labute approximate surface area is 91.1 Å². The molecule has 0 saturated carbocycles. The number of anilines is 1. The van der Waals surface area contributed by atoms with Crippen LogP contribution in [0.4, 0.5) is 19.1 Å². The minimum atomic E-state index is -4.54. The Bertz CT molecular complexity index is 387. The van der Waals surface area contributed by atoms with Gasteiger partial charge in [0, 0.05) is 17.3 Å². The van der Waals surface area contributed by atoms with Crippen LogP contribution < -0.4 is 11.1 Å². The lowest BCUT2D eigenvalue weighted by Gasteiger charge is -2.26. The Balaban J connectivity index is 3.40. The number of aromatic nitrogens is 2. The summed E-state index contributed by atoms with van der Waals surface area (Å²) in [7, 11) is 1.57. The molecule has 0 aromatic carbocycles. The fourth-order valence-electron chi connectivity index (χ4n) is 1.20. The fourth-order valence-corrected chi connectivity index (χ4v) is 1.20. The van der Waals surface area contributed by atoms with E-state index in [4.69, 9.17) is 5.73 Å². The summed E-state index contributed by atoms with van der Waals surface area (Å²) in [6.45, 7) is 3.22. The summed E-state index contributed by atoms with van der Waals surface area (Å²) in [5, 5.41) is 2.77. The molecular weight excluding hydrogens is 221 g/mol. The second-order valence-electron chi connectivity index (χ2n) is 3.86. The third kappa shape index (κ3) is 2.41. The molecule has 90 valence electrons. The summed E-state index contributed by atoms with van der Waals surface area (Å²) in [6.07, 6.45) is -3.44. The number of nitrogens with two attached hydrogens (primary N) is 1. The first-order valence-electron chi connectivity index (χ1n) is 4.57. The van der Waals surface area contributed by atoms with Crippen molar-refractivity contribution >= 4 is 5.95 Å².